The molecule has 1 aromatic rings. The zero-order valence-corrected chi connectivity index (χ0v) is 8.72. The Bertz CT molecular complexity index is 424. The second kappa shape index (κ2) is 3.60. The summed E-state index contributed by atoms with van der Waals surface area (Å²) in [4.78, 5) is 11.1. The number of nitrogens with zero attached hydrogens (tertiary/aromatic N) is 1. The van der Waals surface area contributed by atoms with Gasteiger partial charge in [0.25, 0.3) is 0 Å². The van der Waals surface area contributed by atoms with Gasteiger partial charge < -0.3 is 15.5 Å². The predicted molar refractivity (Wildman–Crippen MR) is 53.5 cm³/mol. The average Bonchev–Trinajstić information content (AvgIpc) is 2.45. The summed E-state index contributed by atoms with van der Waals surface area (Å²) < 4.78 is 0. The number of hydroxylamine groups is 2. The summed E-state index contributed by atoms with van der Waals surface area (Å²) in [6, 6.07) is 4.88. The summed E-state index contributed by atoms with van der Waals surface area (Å²) in [6.07, 6.45) is -1.78. The van der Waals surface area contributed by atoms with E-state index in [4.69, 9.17) is 16.8 Å². The molecule has 2 atom stereocenters. The lowest BCUT2D eigenvalue weighted by Crippen LogP contribution is -2.46. The molecule has 2 amide bonds. The van der Waals surface area contributed by atoms with Crippen LogP contribution in [0, 0.1) is 0 Å². The molecule has 0 aromatic heterocycles. The summed E-state index contributed by atoms with van der Waals surface area (Å²) >= 11 is 5.67. The molecule has 1 aromatic carbocycles. The van der Waals surface area contributed by atoms with Crippen LogP contribution in [-0.4, -0.2) is 32.7 Å². The molecule has 1 heterocycles. The van der Waals surface area contributed by atoms with Gasteiger partial charge in [0.15, 0.2) is 0 Å². The Morgan fingerprint density at radius 3 is 2.38 bits per heavy atom. The Morgan fingerprint density at radius 1 is 1.38 bits per heavy atom. The van der Waals surface area contributed by atoms with E-state index in [-0.39, 0.29) is 10.6 Å². The van der Waals surface area contributed by atoms with Crippen molar-refractivity contribution in [2.45, 2.75) is 12.0 Å². The third-order valence-corrected chi connectivity index (χ3v) is 2.65. The number of benzene rings is 1. The van der Waals surface area contributed by atoms with Crippen LogP contribution in [0.5, 0.6) is 0 Å². The van der Waals surface area contributed by atoms with Gasteiger partial charge in [-0.1, -0.05) is 23.7 Å². The lowest BCUT2D eigenvalue weighted by molar-refractivity contribution is -0.203. The van der Waals surface area contributed by atoms with Gasteiger partial charge in [-0.05, 0) is 12.1 Å². The van der Waals surface area contributed by atoms with Gasteiger partial charge in [-0.25, -0.2) is 4.79 Å². The normalized spacial score (nSPS) is 29.4. The molecule has 16 heavy (non-hydrogen) atoms. The van der Waals surface area contributed by atoms with Crippen molar-refractivity contribution in [3.8, 4) is 0 Å². The molecule has 7 heteroatoms. The van der Waals surface area contributed by atoms with Crippen molar-refractivity contribution in [1.29, 1.82) is 0 Å². The molecule has 6 nitrogen and oxygen atoms in total. The van der Waals surface area contributed by atoms with Crippen LogP contribution in [0.3, 0.4) is 0 Å². The van der Waals surface area contributed by atoms with Gasteiger partial charge in [0, 0.05) is 10.6 Å². The largest absolute Gasteiger partial charge is 0.367 e. The van der Waals surface area contributed by atoms with Crippen LogP contribution in [0.2, 0.25) is 5.02 Å². The smallest absolute Gasteiger partial charge is 0.346 e. The van der Waals surface area contributed by atoms with E-state index in [0.717, 1.165) is 0 Å². The van der Waals surface area contributed by atoms with E-state index in [1.165, 1.54) is 24.3 Å². The van der Waals surface area contributed by atoms with Crippen molar-refractivity contribution in [3.63, 3.8) is 0 Å². The van der Waals surface area contributed by atoms with Crippen LogP contribution < -0.4 is 5.32 Å². The minimum Gasteiger partial charge on any atom is -0.367 e. The first-order valence-corrected chi connectivity index (χ1v) is 4.79. The molecular formula is C9H9ClN2O4. The van der Waals surface area contributed by atoms with Gasteiger partial charge in [-0.2, -0.15) is 5.06 Å². The number of carbonyl (C=O) groups is 1. The number of amides is 2. The lowest BCUT2D eigenvalue weighted by Gasteiger charge is -2.26. The fraction of sp³-hybridized carbons (Fsp3) is 0.222. The highest BCUT2D eigenvalue weighted by atomic mass is 35.5. The summed E-state index contributed by atoms with van der Waals surface area (Å²) in [6.45, 7) is 0. The number of rotatable bonds is 1. The van der Waals surface area contributed by atoms with E-state index >= 15 is 0 Å². The summed E-state index contributed by atoms with van der Waals surface area (Å²) in [5.74, 6) is 0. The third kappa shape index (κ3) is 1.52. The van der Waals surface area contributed by atoms with Gasteiger partial charge in [0.1, 0.15) is 0 Å². The van der Waals surface area contributed by atoms with Crippen LogP contribution in [0.25, 0.3) is 0 Å². The van der Waals surface area contributed by atoms with Crippen LogP contribution in [0.1, 0.15) is 5.56 Å². The minimum absolute atomic E-state index is 0.0224. The summed E-state index contributed by atoms with van der Waals surface area (Å²) in [7, 11) is 0. The molecule has 0 bridgehead atoms. The molecular weight excluding hydrogens is 236 g/mol. The van der Waals surface area contributed by atoms with E-state index in [0.29, 0.717) is 5.02 Å². The van der Waals surface area contributed by atoms with Crippen molar-refractivity contribution in [1.82, 2.24) is 10.4 Å². The van der Waals surface area contributed by atoms with E-state index in [2.05, 4.69) is 5.32 Å². The molecule has 1 aliphatic rings. The highest BCUT2D eigenvalue weighted by Crippen LogP contribution is 2.29. The van der Waals surface area contributed by atoms with Crippen molar-refractivity contribution in [2.75, 3.05) is 0 Å². The van der Waals surface area contributed by atoms with Crippen molar-refractivity contribution < 1.29 is 20.2 Å². The van der Waals surface area contributed by atoms with Crippen LogP contribution in [-0.2, 0) is 5.72 Å². The van der Waals surface area contributed by atoms with Crippen LogP contribution in [0.4, 0.5) is 4.79 Å². The van der Waals surface area contributed by atoms with Gasteiger partial charge in [0.05, 0.1) is 0 Å². The van der Waals surface area contributed by atoms with E-state index in [1.54, 1.807) is 0 Å². The first-order valence-electron chi connectivity index (χ1n) is 4.42. The lowest BCUT2D eigenvalue weighted by atomic mass is 10.0. The minimum atomic E-state index is -2.05. The second-order valence-electron chi connectivity index (χ2n) is 3.42. The van der Waals surface area contributed by atoms with Crippen LogP contribution >= 0.6 is 11.6 Å². The van der Waals surface area contributed by atoms with E-state index < -0.39 is 18.0 Å². The van der Waals surface area contributed by atoms with Gasteiger partial charge in [-0.15, -0.1) is 0 Å². The third-order valence-electron chi connectivity index (χ3n) is 2.40. The zero-order valence-electron chi connectivity index (χ0n) is 7.96. The first kappa shape index (κ1) is 11.2. The Balaban J connectivity index is 2.39. The fourth-order valence-corrected chi connectivity index (χ4v) is 1.62. The molecule has 1 fully saturated rings. The number of urea groups is 1. The highest BCUT2D eigenvalue weighted by molar-refractivity contribution is 6.30. The maximum Gasteiger partial charge on any atom is 0.346 e. The maximum atomic E-state index is 11.1. The van der Waals surface area contributed by atoms with Crippen molar-refractivity contribution in [3.05, 3.63) is 34.9 Å². The van der Waals surface area contributed by atoms with E-state index in [1.807, 2.05) is 0 Å². The molecule has 2 rings (SSSR count). The zero-order chi connectivity index (χ0) is 11.9. The molecule has 0 saturated carbocycles. The Morgan fingerprint density at radius 2 is 1.94 bits per heavy atom. The number of carbonyl (C=O) groups excluding carboxylic acids is 1. The summed E-state index contributed by atoms with van der Waals surface area (Å²) in [5.41, 5.74) is -1.83. The van der Waals surface area contributed by atoms with E-state index in [9.17, 15) is 15.0 Å². The molecule has 86 valence electrons. The van der Waals surface area contributed by atoms with Crippen LogP contribution in [0.15, 0.2) is 24.3 Å². The van der Waals surface area contributed by atoms with Crippen molar-refractivity contribution >= 4 is 17.6 Å². The molecule has 1 saturated heterocycles. The topological polar surface area (TPSA) is 93.0 Å². The molecule has 0 spiro atoms. The average molecular weight is 245 g/mol. The van der Waals surface area contributed by atoms with Gasteiger partial charge in [-0.3, -0.25) is 5.21 Å². The number of hydrogen-bond donors (Lipinski definition) is 4. The molecule has 1 aliphatic heterocycles. The SMILES string of the molecule is O=C1NC(O)(c2ccc(Cl)cc2)C(O)N1O. The summed E-state index contributed by atoms with van der Waals surface area (Å²) in [5, 5.41) is 31.2. The molecule has 0 aliphatic carbocycles. The maximum absolute atomic E-state index is 11.1. The number of nitrogens with one attached hydrogen (secondary N) is 1. The quantitative estimate of drug-likeness (QED) is 0.532. The van der Waals surface area contributed by atoms with Gasteiger partial charge >= 0.3 is 6.03 Å². The first-order chi connectivity index (χ1) is 7.45. The standard InChI is InChI=1S/C9H9ClN2O4/c10-6-3-1-5(2-4-6)9(15)7(13)12(16)8(14)11-9/h1-4,7,13,15-16H,(H,11,14). The van der Waals surface area contributed by atoms with Gasteiger partial charge in [0.2, 0.25) is 12.0 Å². The Kier molecular flexibility index (Phi) is 2.51. The Labute approximate surface area is 95.6 Å². The number of hydrogen-bond acceptors (Lipinski definition) is 4. The number of aliphatic hydroxyl groups is 2. The predicted octanol–water partition coefficient (Wildman–Crippen LogP) is 0.218. The molecule has 4 N–H and O–H groups in total. The molecule has 0 radical (unpaired) electrons. The number of halogens is 1. The highest BCUT2D eigenvalue weighted by Gasteiger charge is 2.51. The van der Waals surface area contributed by atoms with Crippen molar-refractivity contribution in [2.24, 2.45) is 0 Å². The molecule has 2 unspecified atom stereocenters. The fourth-order valence-electron chi connectivity index (χ4n) is 1.50. The number of aliphatic hydroxyl groups excluding tert-OH is 1. The monoisotopic (exact) mass is 244 g/mol. The second-order valence-corrected chi connectivity index (χ2v) is 3.86. The Hall–Kier alpha value is -1.34.